The third-order valence-electron chi connectivity index (χ3n) is 2.70. The summed E-state index contributed by atoms with van der Waals surface area (Å²) in [5.74, 6) is 0.463. The van der Waals surface area contributed by atoms with Gasteiger partial charge in [-0.05, 0) is 36.7 Å². The van der Waals surface area contributed by atoms with Crippen LogP contribution >= 0.6 is 12.6 Å². The second-order valence-corrected chi connectivity index (χ2v) is 4.34. The Hall–Kier alpha value is -1.00. The lowest BCUT2D eigenvalue weighted by Gasteiger charge is -2.16. The minimum absolute atomic E-state index is 0.164. The van der Waals surface area contributed by atoms with Crippen molar-refractivity contribution < 1.29 is 4.79 Å². The van der Waals surface area contributed by atoms with Crippen molar-refractivity contribution in [1.82, 2.24) is 0 Å². The van der Waals surface area contributed by atoms with Crippen LogP contribution in [-0.2, 0) is 4.79 Å². The summed E-state index contributed by atoms with van der Waals surface area (Å²) in [6.45, 7) is 1.31. The first kappa shape index (κ1) is 10.5. The number of nitrogens with two attached hydrogens (primary N) is 1. The number of rotatable bonds is 2. The molecule has 1 heterocycles. The number of carbonyl (C=O) groups excluding carboxylic acids is 1. The van der Waals surface area contributed by atoms with E-state index in [4.69, 9.17) is 5.73 Å². The number of amides is 1. The number of carbonyl (C=O) groups is 1. The van der Waals surface area contributed by atoms with Crippen molar-refractivity contribution in [1.29, 1.82) is 0 Å². The molecule has 4 heteroatoms. The van der Waals surface area contributed by atoms with E-state index >= 15 is 0 Å². The first-order valence-electron chi connectivity index (χ1n) is 5.00. The zero-order chi connectivity index (χ0) is 10.8. The largest absolute Gasteiger partial charge is 0.330 e. The van der Waals surface area contributed by atoms with E-state index in [1.807, 2.05) is 24.3 Å². The van der Waals surface area contributed by atoms with Gasteiger partial charge in [0, 0.05) is 23.5 Å². The van der Waals surface area contributed by atoms with Crippen LogP contribution in [0.15, 0.2) is 29.2 Å². The average molecular weight is 222 g/mol. The second-order valence-electron chi connectivity index (χ2n) is 3.83. The van der Waals surface area contributed by atoms with Crippen LogP contribution in [0.2, 0.25) is 0 Å². The molecule has 0 aliphatic carbocycles. The number of anilines is 1. The molecule has 1 amide bonds. The van der Waals surface area contributed by atoms with Crippen molar-refractivity contribution in [3.63, 3.8) is 0 Å². The molecular formula is C11H14N2OS. The molecule has 1 saturated heterocycles. The first-order chi connectivity index (χ1) is 7.20. The van der Waals surface area contributed by atoms with Gasteiger partial charge in [-0.1, -0.05) is 0 Å². The SMILES string of the molecule is NCC1CC(=O)N(c2ccc(S)cc2)C1. The Bertz CT molecular complexity index is 363. The maximum atomic E-state index is 11.7. The molecule has 1 aliphatic heterocycles. The molecule has 15 heavy (non-hydrogen) atoms. The fourth-order valence-electron chi connectivity index (χ4n) is 1.82. The molecule has 1 atom stereocenters. The molecule has 0 bridgehead atoms. The number of thiol groups is 1. The van der Waals surface area contributed by atoms with Crippen LogP contribution in [0.1, 0.15) is 6.42 Å². The molecule has 2 N–H and O–H groups in total. The van der Waals surface area contributed by atoms with E-state index in [0.717, 1.165) is 17.1 Å². The molecule has 2 rings (SSSR count). The summed E-state index contributed by atoms with van der Waals surface area (Å²) in [5, 5.41) is 0. The molecule has 1 unspecified atom stereocenters. The Morgan fingerprint density at radius 2 is 2.07 bits per heavy atom. The lowest BCUT2D eigenvalue weighted by atomic mass is 10.1. The molecule has 0 spiro atoms. The average Bonchev–Trinajstić information content (AvgIpc) is 2.61. The number of hydrogen-bond acceptors (Lipinski definition) is 3. The Kier molecular flexibility index (Phi) is 2.98. The van der Waals surface area contributed by atoms with E-state index in [1.54, 1.807) is 4.90 Å². The Labute approximate surface area is 94.7 Å². The summed E-state index contributed by atoms with van der Waals surface area (Å²) in [5.41, 5.74) is 6.51. The monoisotopic (exact) mass is 222 g/mol. The smallest absolute Gasteiger partial charge is 0.227 e. The van der Waals surface area contributed by atoms with E-state index in [0.29, 0.717) is 18.9 Å². The van der Waals surface area contributed by atoms with Crippen LogP contribution in [-0.4, -0.2) is 19.0 Å². The van der Waals surface area contributed by atoms with Gasteiger partial charge < -0.3 is 10.6 Å². The first-order valence-corrected chi connectivity index (χ1v) is 5.45. The van der Waals surface area contributed by atoms with Crippen LogP contribution < -0.4 is 10.6 Å². The number of hydrogen-bond donors (Lipinski definition) is 2. The van der Waals surface area contributed by atoms with Crippen molar-refractivity contribution in [2.75, 3.05) is 18.0 Å². The Morgan fingerprint density at radius 3 is 2.60 bits per heavy atom. The quantitative estimate of drug-likeness (QED) is 0.741. The van der Waals surface area contributed by atoms with Gasteiger partial charge in [0.2, 0.25) is 5.91 Å². The fraction of sp³-hybridized carbons (Fsp3) is 0.364. The van der Waals surface area contributed by atoms with Gasteiger partial charge in [0.15, 0.2) is 0 Å². The Balaban J connectivity index is 2.18. The zero-order valence-corrected chi connectivity index (χ0v) is 9.28. The molecule has 1 aromatic carbocycles. The van der Waals surface area contributed by atoms with E-state index < -0.39 is 0 Å². The predicted octanol–water partition coefficient (Wildman–Crippen LogP) is 1.29. The minimum Gasteiger partial charge on any atom is -0.330 e. The van der Waals surface area contributed by atoms with Gasteiger partial charge in [-0.2, -0.15) is 0 Å². The summed E-state index contributed by atoms with van der Waals surface area (Å²) in [6, 6.07) is 7.61. The summed E-state index contributed by atoms with van der Waals surface area (Å²) >= 11 is 4.21. The van der Waals surface area contributed by atoms with Gasteiger partial charge in [-0.3, -0.25) is 4.79 Å². The van der Waals surface area contributed by atoms with E-state index in [2.05, 4.69) is 12.6 Å². The lowest BCUT2D eigenvalue weighted by molar-refractivity contribution is -0.117. The van der Waals surface area contributed by atoms with Gasteiger partial charge in [-0.25, -0.2) is 0 Å². The van der Waals surface area contributed by atoms with Crippen molar-refractivity contribution >= 4 is 24.2 Å². The third-order valence-corrected chi connectivity index (χ3v) is 3.00. The topological polar surface area (TPSA) is 46.3 Å². The molecule has 0 radical (unpaired) electrons. The van der Waals surface area contributed by atoms with Crippen LogP contribution in [0.5, 0.6) is 0 Å². The van der Waals surface area contributed by atoms with Gasteiger partial charge in [-0.15, -0.1) is 12.6 Å². The Morgan fingerprint density at radius 1 is 1.40 bits per heavy atom. The standard InChI is InChI=1S/C11H14N2OS/c12-6-8-5-11(14)13(7-8)9-1-3-10(15)4-2-9/h1-4,8,15H,5-7,12H2. The van der Waals surface area contributed by atoms with Gasteiger partial charge >= 0.3 is 0 Å². The highest BCUT2D eigenvalue weighted by molar-refractivity contribution is 7.80. The zero-order valence-electron chi connectivity index (χ0n) is 8.39. The summed E-state index contributed by atoms with van der Waals surface area (Å²) in [7, 11) is 0. The lowest BCUT2D eigenvalue weighted by Crippen LogP contribution is -2.25. The highest BCUT2D eigenvalue weighted by Gasteiger charge is 2.29. The molecule has 0 aromatic heterocycles. The van der Waals surface area contributed by atoms with Gasteiger partial charge in [0.1, 0.15) is 0 Å². The molecule has 0 saturated carbocycles. The molecule has 80 valence electrons. The van der Waals surface area contributed by atoms with Crippen LogP contribution in [0.4, 0.5) is 5.69 Å². The molecule has 3 nitrogen and oxygen atoms in total. The van der Waals surface area contributed by atoms with E-state index in [-0.39, 0.29) is 5.91 Å². The van der Waals surface area contributed by atoms with Crippen molar-refractivity contribution in [2.24, 2.45) is 11.7 Å². The van der Waals surface area contributed by atoms with E-state index in [1.165, 1.54) is 0 Å². The summed E-state index contributed by atoms with van der Waals surface area (Å²) in [6.07, 6.45) is 0.569. The fourth-order valence-corrected chi connectivity index (χ4v) is 1.97. The number of benzene rings is 1. The highest BCUT2D eigenvalue weighted by Crippen LogP contribution is 2.25. The maximum absolute atomic E-state index is 11.7. The molecular weight excluding hydrogens is 208 g/mol. The molecule has 1 aliphatic rings. The van der Waals surface area contributed by atoms with Crippen LogP contribution in [0.25, 0.3) is 0 Å². The summed E-state index contributed by atoms with van der Waals surface area (Å²) in [4.78, 5) is 14.4. The predicted molar refractivity (Wildman–Crippen MR) is 63.2 cm³/mol. The highest BCUT2D eigenvalue weighted by atomic mass is 32.1. The van der Waals surface area contributed by atoms with Crippen LogP contribution in [0.3, 0.4) is 0 Å². The van der Waals surface area contributed by atoms with E-state index in [9.17, 15) is 4.79 Å². The second kappa shape index (κ2) is 4.24. The molecule has 1 aromatic rings. The third kappa shape index (κ3) is 2.16. The minimum atomic E-state index is 0.164. The normalized spacial score (nSPS) is 21.1. The number of nitrogens with zero attached hydrogens (tertiary/aromatic N) is 1. The van der Waals surface area contributed by atoms with Crippen molar-refractivity contribution in [2.45, 2.75) is 11.3 Å². The van der Waals surface area contributed by atoms with Gasteiger partial charge in [0.05, 0.1) is 0 Å². The molecule has 1 fully saturated rings. The van der Waals surface area contributed by atoms with Gasteiger partial charge in [0.25, 0.3) is 0 Å². The van der Waals surface area contributed by atoms with Crippen molar-refractivity contribution in [3.05, 3.63) is 24.3 Å². The van der Waals surface area contributed by atoms with Crippen LogP contribution in [0, 0.1) is 5.92 Å². The maximum Gasteiger partial charge on any atom is 0.227 e. The van der Waals surface area contributed by atoms with Crippen molar-refractivity contribution in [3.8, 4) is 0 Å². The summed E-state index contributed by atoms with van der Waals surface area (Å²) < 4.78 is 0.